The van der Waals surface area contributed by atoms with Crippen molar-refractivity contribution in [1.82, 2.24) is 5.32 Å². The van der Waals surface area contributed by atoms with Crippen LogP contribution in [0.4, 0.5) is 0 Å². The maximum atomic E-state index is 9.87. The average molecular weight is 279 g/mol. The van der Waals surface area contributed by atoms with E-state index in [1.807, 2.05) is 24.3 Å². The molecule has 1 unspecified atom stereocenters. The highest BCUT2D eigenvalue weighted by molar-refractivity contribution is 5.39. The molecule has 4 nitrogen and oxygen atoms in total. The molecule has 1 aromatic rings. The first-order valence-corrected chi connectivity index (χ1v) is 7.44. The maximum Gasteiger partial charge on any atom is 0.161 e. The molecule has 112 valence electrons. The van der Waals surface area contributed by atoms with Crippen molar-refractivity contribution in [3.63, 3.8) is 0 Å². The Labute approximate surface area is 121 Å². The number of methoxy groups -OCH3 is 1. The van der Waals surface area contributed by atoms with Crippen molar-refractivity contribution in [3.05, 3.63) is 24.3 Å². The van der Waals surface area contributed by atoms with E-state index in [1.165, 1.54) is 25.7 Å². The van der Waals surface area contributed by atoms with Crippen LogP contribution in [0.1, 0.15) is 25.7 Å². The monoisotopic (exact) mass is 279 g/mol. The van der Waals surface area contributed by atoms with E-state index in [9.17, 15) is 5.11 Å². The van der Waals surface area contributed by atoms with Gasteiger partial charge in [0.25, 0.3) is 0 Å². The van der Waals surface area contributed by atoms with Crippen LogP contribution in [0, 0.1) is 5.92 Å². The molecule has 1 saturated carbocycles. The molecule has 20 heavy (non-hydrogen) atoms. The van der Waals surface area contributed by atoms with Gasteiger partial charge in [0.05, 0.1) is 7.11 Å². The minimum Gasteiger partial charge on any atom is -0.493 e. The number of ether oxygens (including phenoxy) is 2. The van der Waals surface area contributed by atoms with Gasteiger partial charge in [0.2, 0.25) is 0 Å². The first-order chi connectivity index (χ1) is 9.79. The highest BCUT2D eigenvalue weighted by Crippen LogP contribution is 2.33. The van der Waals surface area contributed by atoms with Crippen LogP contribution in [-0.2, 0) is 0 Å². The summed E-state index contributed by atoms with van der Waals surface area (Å²) in [7, 11) is 1.61. The smallest absolute Gasteiger partial charge is 0.161 e. The minimum absolute atomic E-state index is 0.274. The molecule has 4 heteroatoms. The predicted molar refractivity (Wildman–Crippen MR) is 79.3 cm³/mol. The molecule has 1 aliphatic carbocycles. The summed E-state index contributed by atoms with van der Waals surface area (Å²) in [4.78, 5) is 0. The highest BCUT2D eigenvalue weighted by Gasteiger charge is 2.19. The van der Waals surface area contributed by atoms with Gasteiger partial charge in [-0.25, -0.2) is 0 Å². The minimum atomic E-state index is -0.499. The second-order valence-electron chi connectivity index (χ2n) is 5.41. The average Bonchev–Trinajstić information content (AvgIpc) is 3.29. The number of para-hydroxylation sites is 2. The Kier molecular flexibility index (Phi) is 6.15. The fourth-order valence-electron chi connectivity index (χ4n) is 2.17. The van der Waals surface area contributed by atoms with Gasteiger partial charge in [-0.1, -0.05) is 25.0 Å². The molecule has 1 atom stereocenters. The lowest BCUT2D eigenvalue weighted by atomic mass is 10.2. The fraction of sp³-hybridized carbons (Fsp3) is 0.625. The van der Waals surface area contributed by atoms with Gasteiger partial charge < -0.3 is 19.9 Å². The molecule has 1 fully saturated rings. The van der Waals surface area contributed by atoms with E-state index in [-0.39, 0.29) is 6.61 Å². The summed E-state index contributed by atoms with van der Waals surface area (Å²) in [6.07, 6.45) is 4.84. The number of rotatable bonds is 10. The number of hydrogen-bond acceptors (Lipinski definition) is 4. The van der Waals surface area contributed by atoms with E-state index >= 15 is 0 Å². The molecular formula is C16H25NO3. The molecule has 2 N–H and O–H groups in total. The number of aliphatic hydroxyl groups excluding tert-OH is 1. The zero-order valence-corrected chi connectivity index (χ0v) is 12.2. The quantitative estimate of drug-likeness (QED) is 0.645. The van der Waals surface area contributed by atoms with Crippen molar-refractivity contribution >= 4 is 0 Å². The lowest BCUT2D eigenvalue weighted by Crippen LogP contribution is -2.32. The molecule has 0 amide bonds. The molecule has 0 aromatic heterocycles. The zero-order valence-electron chi connectivity index (χ0n) is 12.2. The van der Waals surface area contributed by atoms with E-state index in [4.69, 9.17) is 9.47 Å². The van der Waals surface area contributed by atoms with Crippen LogP contribution < -0.4 is 14.8 Å². The van der Waals surface area contributed by atoms with E-state index in [0.717, 1.165) is 12.5 Å². The first kappa shape index (κ1) is 15.1. The number of hydrogen-bond donors (Lipinski definition) is 2. The maximum absolute atomic E-state index is 9.87. The van der Waals surface area contributed by atoms with Gasteiger partial charge in [0.1, 0.15) is 12.7 Å². The Hall–Kier alpha value is -1.26. The Morgan fingerprint density at radius 2 is 2.05 bits per heavy atom. The summed E-state index contributed by atoms with van der Waals surface area (Å²) in [5, 5.41) is 13.1. The summed E-state index contributed by atoms with van der Waals surface area (Å²) in [5.74, 6) is 2.34. The molecule has 1 aromatic carbocycles. The summed E-state index contributed by atoms with van der Waals surface area (Å²) < 4.78 is 10.8. The Balaban J connectivity index is 1.57. The van der Waals surface area contributed by atoms with Crippen LogP contribution >= 0.6 is 0 Å². The number of aliphatic hydroxyl groups is 1. The van der Waals surface area contributed by atoms with Crippen molar-refractivity contribution < 1.29 is 14.6 Å². The normalized spacial score (nSPS) is 15.9. The SMILES string of the molecule is COc1ccccc1OCC(O)CNCCCC1CC1. The predicted octanol–water partition coefficient (Wildman–Crippen LogP) is 2.21. The van der Waals surface area contributed by atoms with Gasteiger partial charge in [-0.05, 0) is 37.4 Å². The Bertz CT molecular complexity index is 393. The van der Waals surface area contributed by atoms with Crippen molar-refractivity contribution in [2.75, 3.05) is 26.8 Å². The van der Waals surface area contributed by atoms with Gasteiger partial charge in [-0.3, -0.25) is 0 Å². The Morgan fingerprint density at radius 3 is 2.75 bits per heavy atom. The van der Waals surface area contributed by atoms with Crippen LogP contribution in [0.15, 0.2) is 24.3 Å². The van der Waals surface area contributed by atoms with E-state index in [1.54, 1.807) is 7.11 Å². The standard InChI is InChI=1S/C16H25NO3/c1-19-15-6-2-3-7-16(15)20-12-14(18)11-17-10-4-5-13-8-9-13/h2-3,6-7,13-14,17-18H,4-5,8-12H2,1H3. The van der Waals surface area contributed by atoms with E-state index < -0.39 is 6.10 Å². The lowest BCUT2D eigenvalue weighted by Gasteiger charge is -2.15. The fourth-order valence-corrected chi connectivity index (χ4v) is 2.17. The molecule has 0 heterocycles. The molecule has 0 bridgehead atoms. The highest BCUT2D eigenvalue weighted by atomic mass is 16.5. The zero-order chi connectivity index (χ0) is 14.2. The largest absolute Gasteiger partial charge is 0.493 e. The van der Waals surface area contributed by atoms with Gasteiger partial charge in [0.15, 0.2) is 11.5 Å². The third-order valence-electron chi connectivity index (χ3n) is 3.54. The van der Waals surface area contributed by atoms with Gasteiger partial charge in [-0.2, -0.15) is 0 Å². The van der Waals surface area contributed by atoms with Gasteiger partial charge in [-0.15, -0.1) is 0 Å². The van der Waals surface area contributed by atoms with Crippen LogP contribution in [-0.4, -0.2) is 38.0 Å². The molecule has 2 rings (SSSR count). The summed E-state index contributed by atoms with van der Waals surface area (Å²) in [6.45, 7) is 1.82. The van der Waals surface area contributed by atoms with E-state index in [0.29, 0.717) is 18.0 Å². The van der Waals surface area contributed by atoms with Crippen LogP contribution in [0.5, 0.6) is 11.5 Å². The molecule has 0 saturated heterocycles. The molecule has 1 aliphatic rings. The van der Waals surface area contributed by atoms with Crippen LogP contribution in [0.25, 0.3) is 0 Å². The second-order valence-corrected chi connectivity index (χ2v) is 5.41. The number of nitrogens with one attached hydrogen (secondary N) is 1. The topological polar surface area (TPSA) is 50.7 Å². The van der Waals surface area contributed by atoms with Gasteiger partial charge >= 0.3 is 0 Å². The van der Waals surface area contributed by atoms with Crippen molar-refractivity contribution in [2.45, 2.75) is 31.8 Å². The summed E-state index contributed by atoms with van der Waals surface area (Å²) >= 11 is 0. The molecule has 0 spiro atoms. The molecule has 0 aliphatic heterocycles. The molecular weight excluding hydrogens is 254 g/mol. The third-order valence-corrected chi connectivity index (χ3v) is 3.54. The van der Waals surface area contributed by atoms with Gasteiger partial charge in [0, 0.05) is 6.54 Å². The van der Waals surface area contributed by atoms with Crippen molar-refractivity contribution in [3.8, 4) is 11.5 Å². The first-order valence-electron chi connectivity index (χ1n) is 7.44. The number of benzene rings is 1. The summed E-state index contributed by atoms with van der Waals surface area (Å²) in [5.41, 5.74) is 0. The summed E-state index contributed by atoms with van der Waals surface area (Å²) in [6, 6.07) is 7.47. The van der Waals surface area contributed by atoms with Crippen LogP contribution in [0.3, 0.4) is 0 Å². The van der Waals surface area contributed by atoms with E-state index in [2.05, 4.69) is 5.32 Å². The second kappa shape index (κ2) is 8.12. The molecule has 0 radical (unpaired) electrons. The Morgan fingerprint density at radius 1 is 1.30 bits per heavy atom. The lowest BCUT2D eigenvalue weighted by molar-refractivity contribution is 0.105. The third kappa shape index (κ3) is 5.39. The van der Waals surface area contributed by atoms with Crippen molar-refractivity contribution in [2.24, 2.45) is 5.92 Å². The van der Waals surface area contributed by atoms with Crippen molar-refractivity contribution in [1.29, 1.82) is 0 Å². The van der Waals surface area contributed by atoms with Crippen LogP contribution in [0.2, 0.25) is 0 Å².